The van der Waals surface area contributed by atoms with E-state index >= 15 is 0 Å². The molecular formula is C26H36N4O2. The molecule has 0 N–H and O–H groups in total. The Balaban J connectivity index is 1.16. The van der Waals surface area contributed by atoms with Crippen LogP contribution in [0.3, 0.4) is 0 Å². The second-order valence-corrected chi connectivity index (χ2v) is 9.41. The van der Waals surface area contributed by atoms with Gasteiger partial charge in [0.15, 0.2) is 11.2 Å². The van der Waals surface area contributed by atoms with Crippen LogP contribution in [0.4, 0.5) is 0 Å². The van der Waals surface area contributed by atoms with Gasteiger partial charge in [0.2, 0.25) is 0 Å². The standard InChI is InChI=1S/C26H36N4O2/c1-28-22(27-24-23(28)25(31)30(3)26(32)29(24)2)16-10-8-6-4-5-7-9-13-19-17-18-20-14-11-12-15-21(19)20/h11-12,14-15,19H,4-10,13,16-18H2,1-3H3. The van der Waals surface area contributed by atoms with Crippen LogP contribution in [0.5, 0.6) is 0 Å². The van der Waals surface area contributed by atoms with Crippen LogP contribution in [0, 0.1) is 0 Å². The van der Waals surface area contributed by atoms with E-state index < -0.39 is 0 Å². The summed E-state index contributed by atoms with van der Waals surface area (Å²) in [5.74, 6) is 1.67. The van der Waals surface area contributed by atoms with Crippen molar-refractivity contribution in [1.82, 2.24) is 18.7 Å². The first-order valence-electron chi connectivity index (χ1n) is 12.2. The van der Waals surface area contributed by atoms with Gasteiger partial charge in [0.05, 0.1) is 0 Å². The number of hydrogen-bond donors (Lipinski definition) is 0. The third kappa shape index (κ3) is 4.45. The lowest BCUT2D eigenvalue weighted by molar-refractivity contribution is 0.527. The third-order valence-electron chi connectivity index (χ3n) is 7.28. The molecule has 0 saturated heterocycles. The minimum absolute atomic E-state index is 0.273. The third-order valence-corrected chi connectivity index (χ3v) is 7.28. The summed E-state index contributed by atoms with van der Waals surface area (Å²) in [6, 6.07) is 8.98. The van der Waals surface area contributed by atoms with E-state index in [0.29, 0.717) is 11.2 Å². The fourth-order valence-electron chi connectivity index (χ4n) is 5.29. The van der Waals surface area contributed by atoms with Crippen LogP contribution in [0.15, 0.2) is 33.9 Å². The van der Waals surface area contributed by atoms with Crippen LogP contribution in [0.25, 0.3) is 11.2 Å². The Morgan fingerprint density at radius 3 is 2.34 bits per heavy atom. The Kier molecular flexibility index (Phi) is 6.97. The maximum atomic E-state index is 12.5. The van der Waals surface area contributed by atoms with Crippen LogP contribution < -0.4 is 11.2 Å². The van der Waals surface area contributed by atoms with Gasteiger partial charge < -0.3 is 4.57 Å². The Hall–Kier alpha value is -2.63. The molecule has 6 nitrogen and oxygen atoms in total. The fourth-order valence-corrected chi connectivity index (χ4v) is 5.29. The molecule has 4 rings (SSSR count). The van der Waals surface area contributed by atoms with Crippen molar-refractivity contribution in [2.24, 2.45) is 21.1 Å². The SMILES string of the molecule is Cn1c(=O)c2c(nc(CCCCCCCCCC3CCc4ccccc43)n2C)n(C)c1=O. The maximum absolute atomic E-state index is 12.5. The molecule has 2 aromatic heterocycles. The van der Waals surface area contributed by atoms with Crippen LogP contribution in [-0.2, 0) is 34.0 Å². The van der Waals surface area contributed by atoms with Crippen molar-refractivity contribution >= 4 is 11.2 Å². The van der Waals surface area contributed by atoms with Gasteiger partial charge in [-0.05, 0) is 42.7 Å². The summed E-state index contributed by atoms with van der Waals surface area (Å²) in [6.45, 7) is 0. The molecule has 0 radical (unpaired) electrons. The monoisotopic (exact) mass is 436 g/mol. The predicted octanol–water partition coefficient (Wildman–Crippen LogP) is 4.36. The number of rotatable bonds is 10. The van der Waals surface area contributed by atoms with Crippen molar-refractivity contribution in [2.45, 2.75) is 76.5 Å². The van der Waals surface area contributed by atoms with Gasteiger partial charge in [-0.2, -0.15) is 0 Å². The molecule has 1 atom stereocenters. The molecule has 0 spiro atoms. The first-order valence-corrected chi connectivity index (χ1v) is 12.2. The number of fused-ring (bicyclic) bond motifs is 2. The van der Waals surface area contributed by atoms with Gasteiger partial charge in [-0.1, -0.05) is 62.8 Å². The second kappa shape index (κ2) is 9.88. The van der Waals surface area contributed by atoms with Crippen molar-refractivity contribution < 1.29 is 0 Å². The summed E-state index contributed by atoms with van der Waals surface area (Å²) in [5, 5.41) is 0. The normalized spacial score (nSPS) is 15.5. The lowest BCUT2D eigenvalue weighted by atomic mass is 9.94. The van der Waals surface area contributed by atoms with Gasteiger partial charge in [0, 0.05) is 27.6 Å². The van der Waals surface area contributed by atoms with Crippen molar-refractivity contribution in [2.75, 3.05) is 0 Å². The molecule has 0 saturated carbocycles. The average Bonchev–Trinajstić information content (AvgIpc) is 3.36. The number of nitrogens with zero attached hydrogens (tertiary/aromatic N) is 4. The van der Waals surface area contributed by atoms with E-state index in [1.165, 1.54) is 69.4 Å². The Morgan fingerprint density at radius 1 is 0.875 bits per heavy atom. The zero-order chi connectivity index (χ0) is 22.7. The largest absolute Gasteiger partial charge is 0.332 e. The number of imidazole rings is 1. The Morgan fingerprint density at radius 2 is 1.56 bits per heavy atom. The van der Waals surface area contributed by atoms with E-state index in [4.69, 9.17) is 0 Å². The molecule has 1 unspecified atom stereocenters. The molecule has 0 amide bonds. The topological polar surface area (TPSA) is 61.8 Å². The van der Waals surface area contributed by atoms with Crippen molar-refractivity contribution in [1.29, 1.82) is 0 Å². The van der Waals surface area contributed by atoms with E-state index in [9.17, 15) is 9.59 Å². The zero-order valence-electron chi connectivity index (χ0n) is 19.8. The van der Waals surface area contributed by atoms with Gasteiger partial charge in [-0.25, -0.2) is 9.78 Å². The summed E-state index contributed by atoms with van der Waals surface area (Å²) in [5.41, 5.74) is 3.57. The molecule has 1 aliphatic carbocycles. The highest BCUT2D eigenvalue weighted by molar-refractivity contribution is 5.70. The molecule has 2 heterocycles. The first-order chi connectivity index (χ1) is 15.5. The molecular weight excluding hydrogens is 400 g/mol. The summed E-state index contributed by atoms with van der Waals surface area (Å²) in [6.07, 6.45) is 13.5. The summed E-state index contributed by atoms with van der Waals surface area (Å²) >= 11 is 0. The highest BCUT2D eigenvalue weighted by atomic mass is 16.2. The quantitative estimate of drug-likeness (QED) is 0.444. The van der Waals surface area contributed by atoms with E-state index in [1.54, 1.807) is 18.2 Å². The lowest BCUT2D eigenvalue weighted by Gasteiger charge is -2.11. The second-order valence-electron chi connectivity index (χ2n) is 9.41. The summed E-state index contributed by atoms with van der Waals surface area (Å²) in [7, 11) is 5.06. The molecule has 3 aromatic rings. The van der Waals surface area contributed by atoms with Crippen LogP contribution in [0.2, 0.25) is 0 Å². The number of benzene rings is 1. The first kappa shape index (κ1) is 22.6. The number of hydrogen-bond acceptors (Lipinski definition) is 3. The molecule has 0 bridgehead atoms. The smallest absolute Gasteiger partial charge is 0.325 e. The van der Waals surface area contributed by atoms with Gasteiger partial charge >= 0.3 is 5.69 Å². The summed E-state index contributed by atoms with van der Waals surface area (Å²) in [4.78, 5) is 29.2. The number of unbranched alkanes of at least 4 members (excludes halogenated alkanes) is 6. The molecule has 1 aliphatic rings. The average molecular weight is 437 g/mol. The molecule has 0 fully saturated rings. The van der Waals surface area contributed by atoms with E-state index in [2.05, 4.69) is 29.2 Å². The van der Waals surface area contributed by atoms with Gasteiger partial charge in [-0.3, -0.25) is 13.9 Å². The maximum Gasteiger partial charge on any atom is 0.332 e. The molecule has 0 aliphatic heterocycles. The van der Waals surface area contributed by atoms with Crippen molar-refractivity contribution in [3.05, 3.63) is 62.1 Å². The zero-order valence-corrected chi connectivity index (χ0v) is 19.8. The van der Waals surface area contributed by atoms with Gasteiger partial charge in [0.1, 0.15) is 5.82 Å². The molecule has 6 heteroatoms. The van der Waals surface area contributed by atoms with E-state index in [-0.39, 0.29) is 11.2 Å². The minimum Gasteiger partial charge on any atom is -0.325 e. The Labute approximate surface area is 189 Å². The van der Waals surface area contributed by atoms with E-state index in [1.807, 2.05) is 11.6 Å². The van der Waals surface area contributed by atoms with Crippen LogP contribution in [-0.4, -0.2) is 18.7 Å². The minimum atomic E-state index is -0.329. The number of aryl methyl sites for hydroxylation is 4. The Bertz CT molecular complexity index is 1200. The molecule has 172 valence electrons. The molecule has 32 heavy (non-hydrogen) atoms. The van der Waals surface area contributed by atoms with Crippen LogP contribution >= 0.6 is 0 Å². The predicted molar refractivity (Wildman–Crippen MR) is 129 cm³/mol. The van der Waals surface area contributed by atoms with Gasteiger partial charge in [-0.15, -0.1) is 0 Å². The fraction of sp³-hybridized carbons (Fsp3) is 0.577. The molecule has 1 aromatic carbocycles. The van der Waals surface area contributed by atoms with E-state index in [0.717, 1.165) is 29.2 Å². The highest BCUT2D eigenvalue weighted by Crippen LogP contribution is 2.36. The van der Waals surface area contributed by atoms with Gasteiger partial charge in [0.25, 0.3) is 5.56 Å². The van der Waals surface area contributed by atoms with Crippen molar-refractivity contribution in [3.8, 4) is 0 Å². The lowest BCUT2D eigenvalue weighted by Crippen LogP contribution is -2.37. The van der Waals surface area contributed by atoms with Crippen LogP contribution in [0.1, 0.15) is 80.7 Å². The van der Waals surface area contributed by atoms with Crippen molar-refractivity contribution in [3.63, 3.8) is 0 Å². The highest BCUT2D eigenvalue weighted by Gasteiger charge is 2.21. The number of aromatic nitrogens is 4. The summed E-state index contributed by atoms with van der Waals surface area (Å²) < 4.78 is 4.47.